The van der Waals surface area contributed by atoms with E-state index < -0.39 is 0 Å². The number of hydrogen-bond donors (Lipinski definition) is 1. The number of benzene rings is 1. The van der Waals surface area contributed by atoms with Crippen LogP contribution in [0.25, 0.3) is 0 Å². The molecule has 18 heavy (non-hydrogen) atoms. The second kappa shape index (κ2) is 5.98. The second-order valence-corrected chi connectivity index (χ2v) is 5.35. The number of amides is 1. The number of aromatic nitrogens is 1. The lowest BCUT2D eigenvalue weighted by Gasteiger charge is -2.08. The van der Waals surface area contributed by atoms with Crippen molar-refractivity contribution in [3.8, 4) is 0 Å². The molecule has 0 bridgehead atoms. The average Bonchev–Trinajstić information content (AvgIpc) is 2.83. The predicted molar refractivity (Wildman–Crippen MR) is 75.3 cm³/mol. The number of aryl methyl sites for hydroxylation is 2. The SMILES string of the molecule is Cc1cc(Cl)ccc1NC(=O)CCc1nccs1. The van der Waals surface area contributed by atoms with Gasteiger partial charge >= 0.3 is 0 Å². The van der Waals surface area contributed by atoms with Gasteiger partial charge in [-0.05, 0) is 30.7 Å². The zero-order valence-corrected chi connectivity index (χ0v) is 11.5. The summed E-state index contributed by atoms with van der Waals surface area (Å²) in [5.74, 6) is -0.00405. The molecule has 3 nitrogen and oxygen atoms in total. The molecule has 0 aliphatic rings. The van der Waals surface area contributed by atoms with Crippen molar-refractivity contribution < 1.29 is 4.79 Å². The number of nitrogens with zero attached hydrogens (tertiary/aromatic N) is 1. The van der Waals surface area contributed by atoms with Gasteiger partial charge in [0.15, 0.2) is 0 Å². The van der Waals surface area contributed by atoms with Crippen LogP contribution >= 0.6 is 22.9 Å². The molecule has 0 aliphatic carbocycles. The molecule has 0 unspecified atom stereocenters. The van der Waals surface area contributed by atoms with E-state index in [1.807, 2.05) is 24.4 Å². The standard InChI is InChI=1S/C13H13ClN2OS/c1-9-8-10(14)2-3-11(9)16-12(17)4-5-13-15-6-7-18-13/h2-3,6-8H,4-5H2,1H3,(H,16,17). The van der Waals surface area contributed by atoms with Gasteiger partial charge in [-0.3, -0.25) is 4.79 Å². The quantitative estimate of drug-likeness (QED) is 0.928. The van der Waals surface area contributed by atoms with Crippen molar-refractivity contribution >= 4 is 34.5 Å². The molecule has 0 saturated heterocycles. The molecule has 0 spiro atoms. The van der Waals surface area contributed by atoms with Gasteiger partial charge in [0.05, 0.1) is 5.01 Å². The van der Waals surface area contributed by atoms with Crippen LogP contribution in [0.4, 0.5) is 5.69 Å². The minimum absolute atomic E-state index is 0.00405. The van der Waals surface area contributed by atoms with Crippen molar-refractivity contribution in [3.63, 3.8) is 0 Å². The Hall–Kier alpha value is -1.39. The summed E-state index contributed by atoms with van der Waals surface area (Å²) < 4.78 is 0. The Bertz CT molecular complexity index is 540. The van der Waals surface area contributed by atoms with Gasteiger partial charge in [0.25, 0.3) is 0 Å². The highest BCUT2D eigenvalue weighted by atomic mass is 35.5. The summed E-state index contributed by atoms with van der Waals surface area (Å²) in [4.78, 5) is 15.9. The highest BCUT2D eigenvalue weighted by molar-refractivity contribution is 7.09. The van der Waals surface area contributed by atoms with Crippen LogP contribution in [-0.2, 0) is 11.2 Å². The minimum Gasteiger partial charge on any atom is -0.326 e. The molecule has 5 heteroatoms. The molecule has 1 aromatic heterocycles. The molecule has 2 rings (SSSR count). The smallest absolute Gasteiger partial charge is 0.224 e. The zero-order valence-electron chi connectivity index (χ0n) is 9.94. The van der Waals surface area contributed by atoms with Crippen LogP contribution in [0.5, 0.6) is 0 Å². The summed E-state index contributed by atoms with van der Waals surface area (Å²) in [6.45, 7) is 1.92. The predicted octanol–water partition coefficient (Wildman–Crippen LogP) is 3.68. The van der Waals surface area contributed by atoms with Gasteiger partial charge in [0.1, 0.15) is 0 Å². The van der Waals surface area contributed by atoms with Crippen molar-refractivity contribution in [3.05, 3.63) is 45.4 Å². The van der Waals surface area contributed by atoms with Crippen LogP contribution in [0.2, 0.25) is 5.02 Å². The third-order valence-corrected chi connectivity index (χ3v) is 3.59. The lowest BCUT2D eigenvalue weighted by atomic mass is 10.2. The Balaban J connectivity index is 1.91. The molecule has 1 N–H and O–H groups in total. The number of nitrogens with one attached hydrogen (secondary N) is 1. The molecule has 1 aromatic carbocycles. The lowest BCUT2D eigenvalue weighted by Crippen LogP contribution is -2.13. The Morgan fingerprint density at radius 1 is 1.50 bits per heavy atom. The lowest BCUT2D eigenvalue weighted by molar-refractivity contribution is -0.116. The monoisotopic (exact) mass is 280 g/mol. The molecule has 0 radical (unpaired) electrons. The highest BCUT2D eigenvalue weighted by Crippen LogP contribution is 2.19. The van der Waals surface area contributed by atoms with E-state index in [1.54, 1.807) is 23.6 Å². The van der Waals surface area contributed by atoms with Crippen LogP contribution < -0.4 is 5.32 Å². The van der Waals surface area contributed by atoms with Gasteiger partial charge in [0, 0.05) is 35.1 Å². The van der Waals surface area contributed by atoms with E-state index in [9.17, 15) is 4.79 Å². The number of anilines is 1. The molecule has 1 amide bonds. The summed E-state index contributed by atoms with van der Waals surface area (Å²) >= 11 is 7.43. The van der Waals surface area contributed by atoms with E-state index in [0.717, 1.165) is 16.3 Å². The van der Waals surface area contributed by atoms with E-state index in [-0.39, 0.29) is 5.91 Å². The number of carbonyl (C=O) groups is 1. The topological polar surface area (TPSA) is 42.0 Å². The average molecular weight is 281 g/mol. The van der Waals surface area contributed by atoms with Crippen LogP contribution in [-0.4, -0.2) is 10.9 Å². The Labute approximate surface area is 115 Å². The van der Waals surface area contributed by atoms with Gasteiger partial charge in [-0.2, -0.15) is 0 Å². The maximum absolute atomic E-state index is 11.8. The number of thiazole rings is 1. The maximum Gasteiger partial charge on any atom is 0.224 e. The Morgan fingerprint density at radius 2 is 2.33 bits per heavy atom. The summed E-state index contributed by atoms with van der Waals surface area (Å²) in [6, 6.07) is 5.42. The Kier molecular flexibility index (Phi) is 4.33. The fraction of sp³-hybridized carbons (Fsp3) is 0.231. The first-order chi connectivity index (χ1) is 8.65. The molecule has 2 aromatic rings. The first-order valence-corrected chi connectivity index (χ1v) is 6.85. The van der Waals surface area contributed by atoms with Gasteiger partial charge in [0.2, 0.25) is 5.91 Å². The molecule has 0 saturated carbocycles. The molecule has 1 heterocycles. The maximum atomic E-state index is 11.8. The van der Waals surface area contributed by atoms with Crippen LogP contribution in [0.1, 0.15) is 17.0 Å². The first-order valence-electron chi connectivity index (χ1n) is 5.59. The van der Waals surface area contributed by atoms with E-state index in [1.165, 1.54) is 0 Å². The molecule has 0 aliphatic heterocycles. The third-order valence-electron chi connectivity index (χ3n) is 2.51. The van der Waals surface area contributed by atoms with Crippen molar-refractivity contribution in [2.45, 2.75) is 19.8 Å². The highest BCUT2D eigenvalue weighted by Gasteiger charge is 2.06. The van der Waals surface area contributed by atoms with Gasteiger partial charge in [-0.25, -0.2) is 4.98 Å². The normalized spacial score (nSPS) is 10.3. The molecule has 0 fully saturated rings. The zero-order chi connectivity index (χ0) is 13.0. The summed E-state index contributed by atoms with van der Waals surface area (Å²) in [6.07, 6.45) is 2.87. The van der Waals surface area contributed by atoms with Crippen LogP contribution in [0, 0.1) is 6.92 Å². The van der Waals surface area contributed by atoms with E-state index >= 15 is 0 Å². The summed E-state index contributed by atoms with van der Waals surface area (Å²) in [5, 5.41) is 6.45. The van der Waals surface area contributed by atoms with E-state index in [4.69, 9.17) is 11.6 Å². The number of hydrogen-bond acceptors (Lipinski definition) is 3. The molecular weight excluding hydrogens is 268 g/mol. The summed E-state index contributed by atoms with van der Waals surface area (Å²) in [5.41, 5.74) is 1.77. The first kappa shape index (κ1) is 13.1. The molecule has 94 valence electrons. The van der Waals surface area contributed by atoms with E-state index in [2.05, 4.69) is 10.3 Å². The number of carbonyl (C=O) groups excluding carboxylic acids is 1. The fourth-order valence-electron chi connectivity index (χ4n) is 1.58. The summed E-state index contributed by atoms with van der Waals surface area (Å²) in [7, 11) is 0. The largest absolute Gasteiger partial charge is 0.326 e. The molecule has 0 atom stereocenters. The van der Waals surface area contributed by atoms with Crippen LogP contribution in [0.3, 0.4) is 0 Å². The van der Waals surface area contributed by atoms with Crippen molar-refractivity contribution in [1.29, 1.82) is 0 Å². The van der Waals surface area contributed by atoms with Gasteiger partial charge in [-0.1, -0.05) is 11.6 Å². The van der Waals surface area contributed by atoms with Crippen LogP contribution in [0.15, 0.2) is 29.8 Å². The van der Waals surface area contributed by atoms with Gasteiger partial charge in [-0.15, -0.1) is 11.3 Å². The number of rotatable bonds is 4. The molecular formula is C13H13ClN2OS. The minimum atomic E-state index is -0.00405. The fourth-order valence-corrected chi connectivity index (χ4v) is 2.42. The third kappa shape index (κ3) is 3.55. The van der Waals surface area contributed by atoms with Crippen molar-refractivity contribution in [1.82, 2.24) is 4.98 Å². The van der Waals surface area contributed by atoms with E-state index in [0.29, 0.717) is 17.9 Å². The Morgan fingerprint density at radius 3 is 3.00 bits per heavy atom. The number of halogens is 1. The van der Waals surface area contributed by atoms with Crippen molar-refractivity contribution in [2.75, 3.05) is 5.32 Å². The second-order valence-electron chi connectivity index (χ2n) is 3.93. The van der Waals surface area contributed by atoms with Crippen molar-refractivity contribution in [2.24, 2.45) is 0 Å². The van der Waals surface area contributed by atoms with Gasteiger partial charge < -0.3 is 5.32 Å².